The van der Waals surface area contributed by atoms with E-state index in [-0.39, 0.29) is 11.9 Å². The molecule has 7 N–H and O–H groups in total. The van der Waals surface area contributed by atoms with Crippen LogP contribution < -0.4 is 16.8 Å². The Labute approximate surface area is 178 Å². The Morgan fingerprint density at radius 3 is 2.83 bits per heavy atom. The number of thioether (sulfide) groups is 1. The van der Waals surface area contributed by atoms with Crippen molar-refractivity contribution >= 4 is 45.6 Å². The van der Waals surface area contributed by atoms with Crippen molar-refractivity contribution in [3.05, 3.63) is 41.7 Å². The molecule has 30 heavy (non-hydrogen) atoms. The van der Waals surface area contributed by atoms with Gasteiger partial charge in [-0.1, -0.05) is 6.07 Å². The molecule has 0 aliphatic heterocycles. The first-order valence-electron chi connectivity index (χ1n) is 9.71. The van der Waals surface area contributed by atoms with Gasteiger partial charge in [0.05, 0.1) is 6.04 Å². The zero-order valence-electron chi connectivity index (χ0n) is 17.0. The predicted molar refractivity (Wildman–Crippen MR) is 123 cm³/mol. The summed E-state index contributed by atoms with van der Waals surface area (Å²) in [5.74, 6) is 1.80. The van der Waals surface area contributed by atoms with Crippen LogP contribution in [0, 0.1) is 6.92 Å². The van der Waals surface area contributed by atoms with Gasteiger partial charge in [0.25, 0.3) is 0 Å². The van der Waals surface area contributed by atoms with Crippen molar-refractivity contribution in [1.82, 2.24) is 25.3 Å². The minimum Gasteiger partial charge on any atom is -0.384 e. The minimum absolute atomic E-state index is 0.317. The molecule has 0 radical (unpaired) electrons. The van der Waals surface area contributed by atoms with E-state index in [4.69, 9.17) is 11.5 Å². The van der Waals surface area contributed by atoms with Crippen LogP contribution in [0.2, 0.25) is 0 Å². The first-order valence-corrected chi connectivity index (χ1v) is 11.1. The Morgan fingerprint density at radius 1 is 1.23 bits per heavy atom. The lowest BCUT2D eigenvalue weighted by Crippen LogP contribution is -2.41. The molecule has 9 heteroatoms. The molecule has 0 aliphatic carbocycles. The van der Waals surface area contributed by atoms with E-state index in [0.29, 0.717) is 18.0 Å². The number of benzene rings is 1. The van der Waals surface area contributed by atoms with Crippen molar-refractivity contribution in [2.75, 3.05) is 17.7 Å². The van der Waals surface area contributed by atoms with Gasteiger partial charge in [0.15, 0.2) is 5.65 Å². The summed E-state index contributed by atoms with van der Waals surface area (Å²) in [5, 5.41) is 4.34. The van der Waals surface area contributed by atoms with Crippen LogP contribution in [0.1, 0.15) is 17.8 Å². The summed E-state index contributed by atoms with van der Waals surface area (Å²) >= 11 is 1.70. The number of pyridine rings is 1. The largest absolute Gasteiger partial charge is 0.384 e. The number of primary amides is 1. The number of amides is 1. The molecule has 3 aromatic heterocycles. The smallest absolute Gasteiger partial charge is 0.234 e. The molecule has 0 unspecified atom stereocenters. The lowest BCUT2D eigenvalue weighted by atomic mass is 10.1. The molecule has 0 aliphatic rings. The van der Waals surface area contributed by atoms with Gasteiger partial charge in [-0.05, 0) is 55.2 Å². The second-order valence-corrected chi connectivity index (χ2v) is 8.32. The summed E-state index contributed by atoms with van der Waals surface area (Å²) in [7, 11) is 0. The molecule has 0 fully saturated rings. The Hall–Kier alpha value is -3.04. The van der Waals surface area contributed by atoms with Gasteiger partial charge in [-0.3, -0.25) is 4.79 Å². The van der Waals surface area contributed by atoms with E-state index in [1.54, 1.807) is 11.8 Å². The number of imidazole rings is 1. The maximum absolute atomic E-state index is 11.7. The lowest BCUT2D eigenvalue weighted by molar-refractivity contribution is -0.120. The quantitative estimate of drug-likeness (QED) is 0.295. The summed E-state index contributed by atoms with van der Waals surface area (Å²) < 4.78 is 0. The second-order valence-electron chi connectivity index (χ2n) is 7.34. The van der Waals surface area contributed by atoms with Crippen LogP contribution in [0.4, 0.5) is 5.82 Å². The normalized spacial score (nSPS) is 12.6. The van der Waals surface area contributed by atoms with E-state index in [1.165, 1.54) is 0 Å². The molecule has 1 atom stereocenters. The number of aromatic nitrogens is 4. The number of aromatic amines is 2. The molecule has 0 spiro atoms. The fourth-order valence-electron chi connectivity index (χ4n) is 3.59. The number of anilines is 1. The molecule has 156 valence electrons. The highest BCUT2D eigenvalue weighted by Gasteiger charge is 2.15. The maximum Gasteiger partial charge on any atom is 0.234 e. The number of carbonyl (C=O) groups is 1. The SMILES string of the molecule is CSCC[C@H](NCc1ccc2[nH]c(-c3cc(N)nc4[nH]c(C)nc34)cc2c1)C(N)=O. The fraction of sp³-hybridized carbons (Fsp3) is 0.286. The third-order valence-corrected chi connectivity index (χ3v) is 5.72. The number of hydrogen-bond donors (Lipinski definition) is 5. The Balaban J connectivity index is 1.61. The monoisotopic (exact) mass is 423 g/mol. The lowest BCUT2D eigenvalue weighted by Gasteiger charge is -2.14. The minimum atomic E-state index is -0.328. The number of fused-ring (bicyclic) bond motifs is 2. The maximum atomic E-state index is 11.7. The number of nitrogens with two attached hydrogens (primary N) is 2. The third-order valence-electron chi connectivity index (χ3n) is 5.07. The van der Waals surface area contributed by atoms with Gasteiger partial charge in [0, 0.05) is 28.7 Å². The van der Waals surface area contributed by atoms with Crippen LogP contribution in [-0.4, -0.2) is 43.9 Å². The van der Waals surface area contributed by atoms with E-state index >= 15 is 0 Å². The molecular formula is C21H25N7OS. The Bertz CT molecular complexity index is 1210. The van der Waals surface area contributed by atoms with Crippen molar-refractivity contribution in [3.8, 4) is 11.3 Å². The Morgan fingerprint density at radius 2 is 2.07 bits per heavy atom. The van der Waals surface area contributed by atoms with Crippen LogP contribution in [0.5, 0.6) is 0 Å². The molecule has 1 aromatic carbocycles. The van der Waals surface area contributed by atoms with Gasteiger partial charge in [0.2, 0.25) is 5.91 Å². The average molecular weight is 424 g/mol. The van der Waals surface area contributed by atoms with Crippen LogP contribution >= 0.6 is 11.8 Å². The van der Waals surface area contributed by atoms with Crippen molar-refractivity contribution < 1.29 is 4.79 Å². The van der Waals surface area contributed by atoms with E-state index in [2.05, 4.69) is 37.4 Å². The molecule has 8 nitrogen and oxygen atoms in total. The summed E-state index contributed by atoms with van der Waals surface area (Å²) in [5.41, 5.74) is 16.9. The molecule has 4 rings (SSSR count). The topological polar surface area (TPSA) is 138 Å². The highest BCUT2D eigenvalue weighted by atomic mass is 32.2. The fourth-order valence-corrected chi connectivity index (χ4v) is 4.06. The highest BCUT2D eigenvalue weighted by Crippen LogP contribution is 2.30. The number of aryl methyl sites for hydroxylation is 1. The van der Waals surface area contributed by atoms with Gasteiger partial charge in [-0.15, -0.1) is 0 Å². The van der Waals surface area contributed by atoms with Crippen LogP contribution in [0.3, 0.4) is 0 Å². The van der Waals surface area contributed by atoms with Gasteiger partial charge in [-0.2, -0.15) is 11.8 Å². The summed E-state index contributed by atoms with van der Waals surface area (Å²) in [6.07, 6.45) is 2.74. The number of nitrogens with one attached hydrogen (secondary N) is 3. The first kappa shape index (κ1) is 20.2. The summed E-state index contributed by atoms with van der Waals surface area (Å²) in [6.45, 7) is 2.47. The molecular weight excluding hydrogens is 398 g/mol. The standard InChI is InChI=1S/C21H25N7OS/c1-11-25-19-14(9-18(22)28-21(19)26-11)17-8-13-7-12(3-4-15(13)27-17)10-24-16(20(23)29)5-6-30-2/h3-4,7-9,16,24,27H,5-6,10H2,1-2H3,(H2,23,29)(H3,22,25,26,28)/t16-/m0/s1. The van der Waals surface area contributed by atoms with Gasteiger partial charge < -0.3 is 26.8 Å². The van der Waals surface area contributed by atoms with Crippen LogP contribution in [-0.2, 0) is 11.3 Å². The van der Waals surface area contributed by atoms with E-state index in [0.717, 1.165) is 51.2 Å². The molecule has 3 heterocycles. The predicted octanol–water partition coefficient (Wildman–Crippen LogP) is 2.69. The van der Waals surface area contributed by atoms with Gasteiger partial charge >= 0.3 is 0 Å². The number of hydrogen-bond acceptors (Lipinski definition) is 6. The van der Waals surface area contributed by atoms with E-state index < -0.39 is 0 Å². The molecule has 0 bridgehead atoms. The zero-order valence-corrected chi connectivity index (χ0v) is 17.8. The van der Waals surface area contributed by atoms with E-state index in [1.807, 2.05) is 31.4 Å². The summed E-state index contributed by atoms with van der Waals surface area (Å²) in [6, 6.07) is 9.76. The average Bonchev–Trinajstić information content (AvgIpc) is 3.29. The van der Waals surface area contributed by atoms with Gasteiger partial charge in [-0.25, -0.2) is 9.97 Å². The highest BCUT2D eigenvalue weighted by molar-refractivity contribution is 7.98. The summed E-state index contributed by atoms with van der Waals surface area (Å²) in [4.78, 5) is 27.1. The molecule has 1 amide bonds. The first-order chi connectivity index (χ1) is 14.4. The van der Waals surface area contributed by atoms with Crippen molar-refractivity contribution in [3.63, 3.8) is 0 Å². The number of H-pyrrole nitrogens is 2. The number of rotatable bonds is 8. The third kappa shape index (κ3) is 4.12. The van der Waals surface area contributed by atoms with E-state index in [9.17, 15) is 4.79 Å². The molecule has 4 aromatic rings. The van der Waals surface area contributed by atoms with Crippen molar-refractivity contribution in [2.24, 2.45) is 5.73 Å². The number of carbonyl (C=O) groups excluding carboxylic acids is 1. The zero-order chi connectivity index (χ0) is 21.3. The van der Waals surface area contributed by atoms with Gasteiger partial charge in [0.1, 0.15) is 17.2 Å². The second kappa shape index (κ2) is 8.37. The molecule has 0 saturated carbocycles. The van der Waals surface area contributed by atoms with Crippen molar-refractivity contribution in [1.29, 1.82) is 0 Å². The Kier molecular flexibility index (Phi) is 5.65. The molecule has 0 saturated heterocycles. The number of nitrogens with zero attached hydrogens (tertiary/aromatic N) is 2. The van der Waals surface area contributed by atoms with Crippen LogP contribution in [0.25, 0.3) is 33.3 Å². The number of nitrogen functional groups attached to an aromatic ring is 1. The van der Waals surface area contributed by atoms with Crippen LogP contribution in [0.15, 0.2) is 30.3 Å². The van der Waals surface area contributed by atoms with Crippen molar-refractivity contribution in [2.45, 2.75) is 25.9 Å².